The number of carboxylic acid groups (broad SMARTS) is 1. The Hall–Kier alpha value is -0.790. The van der Waals surface area contributed by atoms with Gasteiger partial charge in [0, 0.05) is 0 Å². The Bertz CT molecular complexity index is 580. The van der Waals surface area contributed by atoms with Crippen LogP contribution in [0.3, 0.4) is 0 Å². The van der Waals surface area contributed by atoms with Gasteiger partial charge < -0.3 is 5.11 Å². The third-order valence-corrected chi connectivity index (χ3v) is 9.20. The van der Waals surface area contributed by atoms with Crippen molar-refractivity contribution in [1.29, 1.82) is 0 Å². The van der Waals surface area contributed by atoms with E-state index in [0.717, 1.165) is 47.8 Å². The van der Waals surface area contributed by atoms with Crippen LogP contribution in [0.2, 0.25) is 0 Å². The highest BCUT2D eigenvalue weighted by Crippen LogP contribution is 2.77. The third kappa shape index (κ3) is 1.26. The lowest BCUT2D eigenvalue weighted by Crippen LogP contribution is -2.44. The summed E-state index contributed by atoms with van der Waals surface area (Å²) in [5.41, 5.74) is 0.419. The number of hydrogen-bond donors (Lipinski definition) is 1. The van der Waals surface area contributed by atoms with Crippen molar-refractivity contribution in [3.63, 3.8) is 0 Å². The van der Waals surface area contributed by atoms with Crippen molar-refractivity contribution in [3.05, 3.63) is 12.2 Å². The van der Waals surface area contributed by atoms with E-state index in [0.29, 0.717) is 11.3 Å². The lowest BCUT2D eigenvalue weighted by molar-refractivity contribution is -0.146. The van der Waals surface area contributed by atoms with E-state index in [-0.39, 0.29) is 5.92 Å². The first-order valence-electron chi connectivity index (χ1n) is 9.58. The van der Waals surface area contributed by atoms with Gasteiger partial charge in [-0.15, -0.1) is 0 Å². The Kier molecular flexibility index (Phi) is 2.19. The van der Waals surface area contributed by atoms with Crippen molar-refractivity contribution in [2.45, 2.75) is 44.9 Å². The van der Waals surface area contributed by atoms with Gasteiger partial charge in [-0.3, -0.25) is 4.79 Å². The molecule has 0 radical (unpaired) electrons. The average Bonchev–Trinajstić information content (AvgIpc) is 3.32. The fraction of sp³-hybridized carbons (Fsp3) is 0.850. The number of carbonyl (C=O) groups is 1. The van der Waals surface area contributed by atoms with Crippen molar-refractivity contribution < 1.29 is 9.90 Å². The predicted molar refractivity (Wildman–Crippen MR) is 82.9 cm³/mol. The van der Waals surface area contributed by atoms with Crippen molar-refractivity contribution in [2.24, 2.45) is 58.7 Å². The Morgan fingerprint density at radius 1 is 1.05 bits per heavy atom. The second kappa shape index (κ2) is 3.82. The summed E-state index contributed by atoms with van der Waals surface area (Å²) < 4.78 is 0. The molecular weight excluding hydrogens is 272 g/mol. The topological polar surface area (TPSA) is 37.3 Å². The van der Waals surface area contributed by atoms with Crippen molar-refractivity contribution in [3.8, 4) is 0 Å². The molecule has 0 spiro atoms. The van der Waals surface area contributed by atoms with Crippen LogP contribution in [0.25, 0.3) is 0 Å². The third-order valence-electron chi connectivity index (χ3n) is 9.20. The Morgan fingerprint density at radius 2 is 1.91 bits per heavy atom. The van der Waals surface area contributed by atoms with Crippen molar-refractivity contribution in [2.75, 3.05) is 0 Å². The molecule has 0 saturated heterocycles. The predicted octanol–water partition coefficient (Wildman–Crippen LogP) is 3.97. The van der Waals surface area contributed by atoms with E-state index in [1.165, 1.54) is 38.5 Å². The molecule has 10 unspecified atom stereocenters. The molecule has 6 bridgehead atoms. The van der Waals surface area contributed by atoms with Crippen LogP contribution in [0.5, 0.6) is 0 Å². The highest BCUT2D eigenvalue weighted by Gasteiger charge is 2.72. The first-order chi connectivity index (χ1) is 10.7. The molecule has 22 heavy (non-hydrogen) atoms. The number of carboxylic acids is 1. The normalized spacial score (nSPS) is 63.0. The average molecular weight is 298 g/mol. The fourth-order valence-electron chi connectivity index (χ4n) is 8.92. The van der Waals surface area contributed by atoms with Gasteiger partial charge in [0.2, 0.25) is 0 Å². The van der Waals surface area contributed by atoms with Crippen LogP contribution in [-0.4, -0.2) is 11.1 Å². The molecule has 2 heteroatoms. The van der Waals surface area contributed by atoms with Crippen molar-refractivity contribution >= 4 is 5.97 Å². The minimum Gasteiger partial charge on any atom is -0.481 e. The molecule has 6 rings (SSSR count). The van der Waals surface area contributed by atoms with Crippen LogP contribution in [0.15, 0.2) is 12.2 Å². The largest absolute Gasteiger partial charge is 0.481 e. The highest BCUT2D eigenvalue weighted by atomic mass is 16.4. The van der Waals surface area contributed by atoms with E-state index < -0.39 is 5.97 Å². The molecule has 0 aromatic rings. The Morgan fingerprint density at radius 3 is 2.64 bits per heavy atom. The Labute approximate surface area is 132 Å². The lowest BCUT2D eigenvalue weighted by atomic mass is 9.56. The van der Waals surface area contributed by atoms with Gasteiger partial charge in [0.1, 0.15) is 0 Å². The van der Waals surface area contributed by atoms with E-state index in [1.807, 2.05) is 0 Å². The summed E-state index contributed by atoms with van der Waals surface area (Å²) in [5.74, 6) is 5.91. The summed E-state index contributed by atoms with van der Waals surface area (Å²) in [4.78, 5) is 11.9. The molecule has 0 heterocycles. The molecule has 5 saturated carbocycles. The monoisotopic (exact) mass is 298 g/mol. The first kappa shape index (κ1) is 12.6. The van der Waals surface area contributed by atoms with Gasteiger partial charge in [-0.25, -0.2) is 0 Å². The molecule has 5 fully saturated rings. The molecule has 6 aliphatic rings. The fourth-order valence-corrected chi connectivity index (χ4v) is 8.92. The van der Waals surface area contributed by atoms with Gasteiger partial charge in [-0.05, 0) is 91.3 Å². The van der Waals surface area contributed by atoms with Gasteiger partial charge in [-0.1, -0.05) is 18.6 Å². The van der Waals surface area contributed by atoms with Crippen LogP contribution in [0.4, 0.5) is 0 Å². The highest BCUT2D eigenvalue weighted by molar-refractivity contribution is 5.71. The van der Waals surface area contributed by atoms with E-state index in [4.69, 9.17) is 0 Å². The zero-order valence-electron chi connectivity index (χ0n) is 13.2. The summed E-state index contributed by atoms with van der Waals surface area (Å²) in [7, 11) is 0. The van der Waals surface area contributed by atoms with Crippen LogP contribution in [-0.2, 0) is 4.79 Å². The molecule has 0 aliphatic heterocycles. The lowest BCUT2D eigenvalue weighted by Gasteiger charge is -2.48. The standard InChI is InChI=1S/C20H26O2/c21-19(22)15-9-20(16-6-10-1-2-11(16)5-10)8-14(15)17-12-3-4-13(7-12)18(17)20/h3-4,10-18H,1-2,5-9H2,(H,21,22). The van der Waals surface area contributed by atoms with Crippen LogP contribution in [0.1, 0.15) is 44.9 Å². The first-order valence-corrected chi connectivity index (χ1v) is 9.58. The molecule has 0 aromatic carbocycles. The minimum atomic E-state index is -0.486. The van der Waals surface area contributed by atoms with E-state index >= 15 is 0 Å². The summed E-state index contributed by atoms with van der Waals surface area (Å²) in [6.07, 6.45) is 14.4. The van der Waals surface area contributed by atoms with Crippen LogP contribution in [0, 0.1) is 58.7 Å². The van der Waals surface area contributed by atoms with Gasteiger partial charge in [0.05, 0.1) is 5.92 Å². The van der Waals surface area contributed by atoms with Crippen molar-refractivity contribution in [1.82, 2.24) is 0 Å². The van der Waals surface area contributed by atoms with E-state index in [2.05, 4.69) is 12.2 Å². The van der Waals surface area contributed by atoms with Gasteiger partial charge in [-0.2, -0.15) is 0 Å². The summed E-state index contributed by atoms with van der Waals surface area (Å²) in [5, 5.41) is 9.80. The second-order valence-electron chi connectivity index (χ2n) is 9.58. The summed E-state index contributed by atoms with van der Waals surface area (Å²) in [6, 6.07) is 0. The van der Waals surface area contributed by atoms with Gasteiger partial charge in [0.25, 0.3) is 0 Å². The second-order valence-corrected chi connectivity index (χ2v) is 9.58. The molecule has 6 aliphatic carbocycles. The smallest absolute Gasteiger partial charge is 0.306 e. The van der Waals surface area contributed by atoms with Crippen LogP contribution >= 0.6 is 0 Å². The van der Waals surface area contributed by atoms with E-state index in [9.17, 15) is 9.90 Å². The molecular formula is C20H26O2. The number of rotatable bonds is 2. The number of fused-ring (bicyclic) bond motifs is 11. The Balaban J connectivity index is 1.45. The molecule has 118 valence electrons. The van der Waals surface area contributed by atoms with E-state index in [1.54, 1.807) is 0 Å². The molecule has 1 N–H and O–H groups in total. The summed E-state index contributed by atoms with van der Waals surface area (Å²) in [6.45, 7) is 0. The molecule has 10 atom stereocenters. The van der Waals surface area contributed by atoms with Gasteiger partial charge in [0.15, 0.2) is 0 Å². The molecule has 2 nitrogen and oxygen atoms in total. The van der Waals surface area contributed by atoms with Gasteiger partial charge >= 0.3 is 5.97 Å². The maximum absolute atomic E-state index is 11.9. The minimum absolute atomic E-state index is 0.0203. The quantitative estimate of drug-likeness (QED) is 0.618. The number of hydrogen-bond acceptors (Lipinski definition) is 1. The SMILES string of the molecule is O=C(O)C1CC2(C3CC4CCC3C4)CC1C1C3C=CC(C3)C12. The maximum atomic E-state index is 11.9. The summed E-state index contributed by atoms with van der Waals surface area (Å²) >= 11 is 0. The number of allylic oxidation sites excluding steroid dienone is 2. The maximum Gasteiger partial charge on any atom is 0.306 e. The molecule has 0 amide bonds. The number of aliphatic carboxylic acids is 1. The molecule has 0 aromatic heterocycles. The van der Waals surface area contributed by atoms with Crippen LogP contribution < -0.4 is 0 Å². The zero-order valence-corrected chi connectivity index (χ0v) is 13.2. The zero-order chi connectivity index (χ0) is 14.6.